The highest BCUT2D eigenvalue weighted by molar-refractivity contribution is 7.07. The van der Waals surface area contributed by atoms with Crippen molar-refractivity contribution in [3.05, 3.63) is 28.5 Å². The predicted octanol–water partition coefficient (Wildman–Crippen LogP) is 1.70. The quantitative estimate of drug-likeness (QED) is 0.643. The largest absolute Gasteiger partial charge is 0.387 e. The van der Waals surface area contributed by atoms with Gasteiger partial charge < -0.3 is 21.5 Å². The molecule has 0 saturated carbocycles. The van der Waals surface area contributed by atoms with Crippen molar-refractivity contribution in [2.75, 3.05) is 29.5 Å². The highest BCUT2D eigenvalue weighted by Gasteiger charge is 2.08. The normalized spacial score (nSPS) is 12.1. The van der Waals surface area contributed by atoms with Gasteiger partial charge in [0.1, 0.15) is 11.6 Å². The van der Waals surface area contributed by atoms with E-state index < -0.39 is 6.10 Å². The lowest BCUT2D eigenvalue weighted by Gasteiger charge is -2.12. The van der Waals surface area contributed by atoms with E-state index >= 15 is 0 Å². The van der Waals surface area contributed by atoms with Crippen LogP contribution in [0.1, 0.15) is 18.6 Å². The summed E-state index contributed by atoms with van der Waals surface area (Å²) in [7, 11) is 0. The Morgan fingerprint density at radius 2 is 2.11 bits per heavy atom. The lowest BCUT2D eigenvalue weighted by atomic mass is 10.2. The molecule has 0 amide bonds. The molecule has 0 aliphatic heterocycles. The van der Waals surface area contributed by atoms with Crippen LogP contribution in [-0.2, 0) is 0 Å². The molecule has 19 heavy (non-hydrogen) atoms. The lowest BCUT2D eigenvalue weighted by Crippen LogP contribution is -2.14. The van der Waals surface area contributed by atoms with Crippen LogP contribution >= 0.6 is 11.3 Å². The van der Waals surface area contributed by atoms with E-state index in [-0.39, 0.29) is 5.95 Å². The Bertz CT molecular complexity index is 517. The smallest absolute Gasteiger partial charge is 0.223 e. The van der Waals surface area contributed by atoms with Crippen LogP contribution in [0.5, 0.6) is 0 Å². The Labute approximate surface area is 115 Å². The van der Waals surface area contributed by atoms with Gasteiger partial charge in [0.25, 0.3) is 0 Å². The highest BCUT2D eigenvalue weighted by Crippen LogP contribution is 2.18. The Kier molecular flexibility index (Phi) is 4.53. The molecule has 0 bridgehead atoms. The van der Waals surface area contributed by atoms with E-state index in [0.29, 0.717) is 18.2 Å². The number of aromatic nitrogens is 2. The maximum Gasteiger partial charge on any atom is 0.223 e. The van der Waals surface area contributed by atoms with Gasteiger partial charge in [-0.3, -0.25) is 0 Å². The van der Waals surface area contributed by atoms with Crippen LogP contribution in [0.15, 0.2) is 22.9 Å². The molecule has 0 aliphatic carbocycles. The van der Waals surface area contributed by atoms with Crippen molar-refractivity contribution < 1.29 is 5.11 Å². The molecule has 6 nitrogen and oxygen atoms in total. The topological polar surface area (TPSA) is 96.1 Å². The van der Waals surface area contributed by atoms with Gasteiger partial charge in [-0.15, -0.1) is 0 Å². The first kappa shape index (κ1) is 13.6. The predicted molar refractivity (Wildman–Crippen MR) is 78.4 cm³/mol. The Morgan fingerprint density at radius 3 is 2.74 bits per heavy atom. The number of rotatable bonds is 6. The molecule has 102 valence electrons. The van der Waals surface area contributed by atoms with Gasteiger partial charge in [-0.2, -0.15) is 21.3 Å². The number of nitrogens with two attached hydrogens (primary N) is 1. The molecule has 0 aromatic carbocycles. The Balaban J connectivity index is 1.99. The maximum absolute atomic E-state index is 9.97. The molecule has 0 fully saturated rings. The van der Waals surface area contributed by atoms with E-state index in [2.05, 4.69) is 20.6 Å². The van der Waals surface area contributed by atoms with Crippen LogP contribution in [0.4, 0.5) is 17.6 Å². The number of nitrogen functional groups attached to an aromatic ring is 1. The highest BCUT2D eigenvalue weighted by atomic mass is 32.1. The maximum atomic E-state index is 9.97. The van der Waals surface area contributed by atoms with Crippen LogP contribution in [0.3, 0.4) is 0 Å². The molecule has 1 atom stereocenters. The van der Waals surface area contributed by atoms with Gasteiger partial charge in [-0.25, -0.2) is 0 Å². The summed E-state index contributed by atoms with van der Waals surface area (Å²) in [5, 5.41) is 20.0. The zero-order valence-electron chi connectivity index (χ0n) is 10.6. The molecular weight excluding hydrogens is 262 g/mol. The van der Waals surface area contributed by atoms with Crippen LogP contribution in [0.2, 0.25) is 0 Å². The summed E-state index contributed by atoms with van der Waals surface area (Å²) in [6.45, 7) is 3.11. The molecule has 0 saturated heterocycles. The monoisotopic (exact) mass is 279 g/mol. The van der Waals surface area contributed by atoms with Gasteiger partial charge in [-0.1, -0.05) is 0 Å². The minimum Gasteiger partial charge on any atom is -0.387 e. The zero-order chi connectivity index (χ0) is 13.7. The summed E-state index contributed by atoms with van der Waals surface area (Å²) in [6, 6.07) is 3.66. The van der Waals surface area contributed by atoms with Crippen molar-refractivity contribution in [2.24, 2.45) is 0 Å². The minimum absolute atomic E-state index is 0.200. The van der Waals surface area contributed by atoms with Crippen molar-refractivity contribution in [2.45, 2.75) is 13.0 Å². The van der Waals surface area contributed by atoms with Crippen LogP contribution in [-0.4, -0.2) is 28.2 Å². The average Bonchev–Trinajstić information content (AvgIpc) is 2.89. The third kappa shape index (κ3) is 3.80. The molecule has 1 unspecified atom stereocenters. The number of anilines is 3. The number of hydrogen-bond donors (Lipinski definition) is 4. The first-order chi connectivity index (χ1) is 9.19. The second-order valence-corrected chi connectivity index (χ2v) is 4.76. The van der Waals surface area contributed by atoms with Crippen molar-refractivity contribution >= 4 is 28.9 Å². The van der Waals surface area contributed by atoms with E-state index in [1.807, 2.05) is 23.8 Å². The standard InChI is InChI=1S/C12H17N5OS/c1-2-14-10-5-11(17-12(13)16-10)15-6-9(18)8-3-4-19-7-8/h3-5,7,9,18H,2,6H2,1H3,(H4,13,14,15,16,17). The summed E-state index contributed by atoms with van der Waals surface area (Å²) in [6.07, 6.45) is -0.565. The van der Waals surface area contributed by atoms with Gasteiger partial charge in [0.15, 0.2) is 0 Å². The van der Waals surface area contributed by atoms with Gasteiger partial charge >= 0.3 is 0 Å². The lowest BCUT2D eigenvalue weighted by molar-refractivity contribution is 0.192. The first-order valence-corrected chi connectivity index (χ1v) is 6.95. The van der Waals surface area contributed by atoms with Gasteiger partial charge in [0.05, 0.1) is 6.10 Å². The molecule has 5 N–H and O–H groups in total. The summed E-state index contributed by atoms with van der Waals surface area (Å²) >= 11 is 1.56. The average molecular weight is 279 g/mol. The summed E-state index contributed by atoms with van der Waals surface area (Å²) in [5.41, 5.74) is 6.52. The number of nitrogens with one attached hydrogen (secondary N) is 2. The molecule has 2 rings (SSSR count). The SMILES string of the molecule is CCNc1cc(NCC(O)c2ccsc2)nc(N)n1. The van der Waals surface area contributed by atoms with Crippen molar-refractivity contribution in [1.29, 1.82) is 0 Å². The molecule has 0 radical (unpaired) electrons. The molecule has 2 aromatic heterocycles. The van der Waals surface area contributed by atoms with Crippen LogP contribution in [0.25, 0.3) is 0 Å². The molecule has 0 spiro atoms. The van der Waals surface area contributed by atoms with E-state index in [9.17, 15) is 5.11 Å². The molecule has 0 aliphatic rings. The van der Waals surface area contributed by atoms with E-state index in [1.54, 1.807) is 17.4 Å². The Hall–Kier alpha value is -1.86. The number of aliphatic hydroxyl groups excluding tert-OH is 1. The summed E-state index contributed by atoms with van der Waals surface area (Å²) in [4.78, 5) is 8.13. The van der Waals surface area contributed by atoms with E-state index in [0.717, 1.165) is 12.1 Å². The third-order valence-electron chi connectivity index (χ3n) is 2.51. The fourth-order valence-electron chi connectivity index (χ4n) is 1.61. The van der Waals surface area contributed by atoms with E-state index in [1.165, 1.54) is 0 Å². The van der Waals surface area contributed by atoms with Gasteiger partial charge in [0.2, 0.25) is 5.95 Å². The molecule has 2 heterocycles. The first-order valence-electron chi connectivity index (χ1n) is 6.01. The van der Waals surface area contributed by atoms with Crippen molar-refractivity contribution in [3.8, 4) is 0 Å². The number of nitrogens with zero attached hydrogens (tertiary/aromatic N) is 2. The minimum atomic E-state index is -0.565. The van der Waals surface area contributed by atoms with Crippen LogP contribution < -0.4 is 16.4 Å². The van der Waals surface area contributed by atoms with Crippen molar-refractivity contribution in [1.82, 2.24) is 9.97 Å². The fraction of sp³-hybridized carbons (Fsp3) is 0.333. The van der Waals surface area contributed by atoms with Crippen LogP contribution in [0, 0.1) is 0 Å². The number of thiophene rings is 1. The van der Waals surface area contributed by atoms with Crippen molar-refractivity contribution in [3.63, 3.8) is 0 Å². The van der Waals surface area contributed by atoms with Gasteiger partial charge in [-0.05, 0) is 29.3 Å². The molecular formula is C12H17N5OS. The number of aliphatic hydroxyl groups is 1. The van der Waals surface area contributed by atoms with E-state index in [4.69, 9.17) is 5.73 Å². The fourth-order valence-corrected chi connectivity index (χ4v) is 2.32. The Morgan fingerprint density at radius 1 is 1.37 bits per heavy atom. The second kappa shape index (κ2) is 6.35. The number of hydrogen-bond acceptors (Lipinski definition) is 7. The summed E-state index contributed by atoms with van der Waals surface area (Å²) < 4.78 is 0. The second-order valence-electron chi connectivity index (χ2n) is 3.98. The van der Waals surface area contributed by atoms with Gasteiger partial charge in [0, 0.05) is 19.2 Å². The molecule has 7 heteroatoms. The molecule has 2 aromatic rings. The summed E-state index contributed by atoms with van der Waals surface area (Å²) in [5.74, 6) is 1.46. The third-order valence-corrected chi connectivity index (χ3v) is 3.21. The zero-order valence-corrected chi connectivity index (χ0v) is 11.4.